The molecule has 2 rings (SSSR count). The minimum atomic E-state index is -0.191. The van der Waals surface area contributed by atoms with Crippen LogP contribution in [-0.2, 0) is 6.54 Å². The van der Waals surface area contributed by atoms with E-state index in [9.17, 15) is 4.79 Å². The molecule has 19 heavy (non-hydrogen) atoms. The highest BCUT2D eigenvalue weighted by molar-refractivity contribution is 7.18. The first-order valence-corrected chi connectivity index (χ1v) is 6.57. The number of nitrogen functional groups attached to an aromatic ring is 1. The lowest BCUT2D eigenvalue weighted by Crippen LogP contribution is -2.26. The number of amides is 1. The van der Waals surface area contributed by atoms with Gasteiger partial charge in [-0.2, -0.15) is 0 Å². The van der Waals surface area contributed by atoms with E-state index < -0.39 is 0 Å². The standard InChI is InChI=1S/C11H16N6OS/c1-16(2)11-15-9(12)8(19-11)10(18)14-4-6-17-5-3-13-7-17/h3,5,7H,4,6,12H2,1-2H3,(H,14,18). The van der Waals surface area contributed by atoms with Crippen molar-refractivity contribution in [3.8, 4) is 0 Å². The Hall–Kier alpha value is -2.09. The number of imidazole rings is 1. The van der Waals surface area contributed by atoms with Crippen molar-refractivity contribution in [3.63, 3.8) is 0 Å². The summed E-state index contributed by atoms with van der Waals surface area (Å²) < 4.78 is 1.89. The number of anilines is 2. The second-order valence-electron chi connectivity index (χ2n) is 4.16. The maximum absolute atomic E-state index is 12.0. The molecule has 0 saturated heterocycles. The van der Waals surface area contributed by atoms with Gasteiger partial charge in [-0.25, -0.2) is 9.97 Å². The van der Waals surface area contributed by atoms with Crippen LogP contribution < -0.4 is 16.0 Å². The monoisotopic (exact) mass is 280 g/mol. The van der Waals surface area contributed by atoms with Crippen molar-refractivity contribution in [1.29, 1.82) is 0 Å². The van der Waals surface area contributed by atoms with Crippen molar-refractivity contribution in [2.24, 2.45) is 0 Å². The highest BCUT2D eigenvalue weighted by Gasteiger charge is 2.16. The van der Waals surface area contributed by atoms with Gasteiger partial charge in [0.15, 0.2) is 5.13 Å². The number of nitrogens with one attached hydrogen (secondary N) is 1. The fraction of sp³-hybridized carbons (Fsp3) is 0.364. The van der Waals surface area contributed by atoms with Gasteiger partial charge in [-0.1, -0.05) is 11.3 Å². The number of carbonyl (C=O) groups excluding carboxylic acids is 1. The van der Waals surface area contributed by atoms with Gasteiger partial charge in [0.25, 0.3) is 5.91 Å². The normalized spacial score (nSPS) is 10.4. The maximum atomic E-state index is 12.0. The average molecular weight is 280 g/mol. The summed E-state index contributed by atoms with van der Waals surface area (Å²) >= 11 is 1.28. The molecule has 0 radical (unpaired) electrons. The van der Waals surface area contributed by atoms with Gasteiger partial charge in [0.1, 0.15) is 10.7 Å². The van der Waals surface area contributed by atoms with Crippen LogP contribution in [0.3, 0.4) is 0 Å². The second-order valence-corrected chi connectivity index (χ2v) is 5.14. The number of nitrogens with zero attached hydrogens (tertiary/aromatic N) is 4. The lowest BCUT2D eigenvalue weighted by atomic mass is 10.4. The molecule has 3 N–H and O–H groups in total. The number of hydrogen-bond donors (Lipinski definition) is 2. The molecular weight excluding hydrogens is 264 g/mol. The third-order valence-corrected chi connectivity index (χ3v) is 3.68. The molecule has 8 heteroatoms. The Balaban J connectivity index is 1.92. The summed E-state index contributed by atoms with van der Waals surface area (Å²) in [7, 11) is 3.72. The van der Waals surface area contributed by atoms with Crippen LogP contribution in [0.5, 0.6) is 0 Å². The van der Waals surface area contributed by atoms with Gasteiger partial charge in [-0.3, -0.25) is 4.79 Å². The summed E-state index contributed by atoms with van der Waals surface area (Å²) in [5, 5.41) is 3.53. The van der Waals surface area contributed by atoms with Crippen LogP contribution in [0.25, 0.3) is 0 Å². The Morgan fingerprint density at radius 3 is 2.95 bits per heavy atom. The molecule has 0 atom stereocenters. The van der Waals surface area contributed by atoms with E-state index in [0.717, 1.165) is 5.13 Å². The summed E-state index contributed by atoms with van der Waals surface area (Å²) in [6, 6.07) is 0. The van der Waals surface area contributed by atoms with Crippen molar-refractivity contribution in [1.82, 2.24) is 19.9 Å². The second kappa shape index (κ2) is 5.70. The van der Waals surface area contributed by atoms with E-state index in [1.165, 1.54) is 11.3 Å². The van der Waals surface area contributed by atoms with Gasteiger partial charge in [0.2, 0.25) is 0 Å². The molecule has 0 aromatic carbocycles. The number of nitrogens with two attached hydrogens (primary N) is 1. The number of carbonyl (C=O) groups is 1. The van der Waals surface area contributed by atoms with Gasteiger partial charge in [-0.15, -0.1) is 0 Å². The Morgan fingerprint density at radius 2 is 2.37 bits per heavy atom. The van der Waals surface area contributed by atoms with E-state index in [1.54, 1.807) is 12.5 Å². The molecule has 7 nitrogen and oxygen atoms in total. The zero-order valence-electron chi connectivity index (χ0n) is 10.8. The van der Waals surface area contributed by atoms with Crippen molar-refractivity contribution in [2.75, 3.05) is 31.3 Å². The Kier molecular flexibility index (Phi) is 4.00. The van der Waals surface area contributed by atoms with E-state index in [-0.39, 0.29) is 11.7 Å². The fourth-order valence-corrected chi connectivity index (χ4v) is 2.30. The lowest BCUT2D eigenvalue weighted by molar-refractivity contribution is 0.0957. The van der Waals surface area contributed by atoms with Gasteiger partial charge in [0.05, 0.1) is 6.33 Å². The van der Waals surface area contributed by atoms with E-state index >= 15 is 0 Å². The zero-order valence-corrected chi connectivity index (χ0v) is 11.6. The van der Waals surface area contributed by atoms with Crippen molar-refractivity contribution >= 4 is 28.2 Å². The first-order valence-electron chi connectivity index (χ1n) is 5.75. The smallest absolute Gasteiger partial charge is 0.265 e. The fourth-order valence-electron chi connectivity index (χ4n) is 1.47. The van der Waals surface area contributed by atoms with Crippen molar-refractivity contribution < 1.29 is 4.79 Å². The quantitative estimate of drug-likeness (QED) is 0.828. The van der Waals surface area contributed by atoms with Crippen LogP contribution in [-0.4, -0.2) is 41.1 Å². The molecule has 2 heterocycles. The molecule has 0 aliphatic heterocycles. The molecule has 1 amide bonds. The molecule has 0 spiro atoms. The summed E-state index contributed by atoms with van der Waals surface area (Å²) in [6.45, 7) is 1.19. The van der Waals surface area contributed by atoms with Crippen LogP contribution in [0, 0.1) is 0 Å². The number of rotatable bonds is 5. The lowest BCUT2D eigenvalue weighted by Gasteiger charge is -2.05. The molecule has 0 fully saturated rings. The van der Waals surface area contributed by atoms with Crippen LogP contribution in [0.15, 0.2) is 18.7 Å². The van der Waals surface area contributed by atoms with Crippen LogP contribution in [0.1, 0.15) is 9.67 Å². The highest BCUT2D eigenvalue weighted by atomic mass is 32.1. The average Bonchev–Trinajstić information content (AvgIpc) is 2.98. The minimum absolute atomic E-state index is 0.191. The number of thiazole rings is 1. The van der Waals surface area contributed by atoms with Crippen molar-refractivity contribution in [2.45, 2.75) is 6.54 Å². The molecule has 0 aliphatic rings. The molecule has 0 bridgehead atoms. The highest BCUT2D eigenvalue weighted by Crippen LogP contribution is 2.26. The van der Waals surface area contributed by atoms with Gasteiger partial charge in [0, 0.05) is 39.6 Å². The first-order chi connectivity index (χ1) is 9.08. The largest absolute Gasteiger partial charge is 0.382 e. The van der Waals surface area contributed by atoms with Crippen LogP contribution >= 0.6 is 11.3 Å². The van der Waals surface area contributed by atoms with Gasteiger partial charge < -0.3 is 20.5 Å². The third-order valence-electron chi connectivity index (χ3n) is 2.45. The van der Waals surface area contributed by atoms with Crippen LogP contribution in [0.2, 0.25) is 0 Å². The van der Waals surface area contributed by atoms with Gasteiger partial charge in [-0.05, 0) is 0 Å². The predicted molar refractivity (Wildman–Crippen MR) is 75.4 cm³/mol. The molecule has 2 aromatic rings. The predicted octanol–water partition coefficient (Wildman–Crippen LogP) is 0.418. The summed E-state index contributed by atoms with van der Waals surface area (Å²) in [5.41, 5.74) is 5.74. The third kappa shape index (κ3) is 3.22. The van der Waals surface area contributed by atoms with Crippen LogP contribution in [0.4, 0.5) is 10.9 Å². The van der Waals surface area contributed by atoms with Crippen molar-refractivity contribution in [3.05, 3.63) is 23.6 Å². The Bertz CT molecular complexity index is 548. The molecule has 0 saturated carbocycles. The van der Waals surface area contributed by atoms with E-state index in [0.29, 0.717) is 18.0 Å². The van der Waals surface area contributed by atoms with E-state index in [4.69, 9.17) is 5.73 Å². The van der Waals surface area contributed by atoms with E-state index in [2.05, 4.69) is 15.3 Å². The SMILES string of the molecule is CN(C)c1nc(N)c(C(=O)NCCn2ccnc2)s1. The number of hydrogen-bond acceptors (Lipinski definition) is 6. The maximum Gasteiger partial charge on any atom is 0.265 e. The molecule has 102 valence electrons. The number of aromatic nitrogens is 3. The Labute approximate surface area is 115 Å². The van der Waals surface area contributed by atoms with Gasteiger partial charge >= 0.3 is 0 Å². The zero-order chi connectivity index (χ0) is 13.8. The first kappa shape index (κ1) is 13.3. The van der Waals surface area contributed by atoms with E-state index in [1.807, 2.05) is 29.8 Å². The summed E-state index contributed by atoms with van der Waals surface area (Å²) in [5.74, 6) is 0.0806. The summed E-state index contributed by atoms with van der Waals surface area (Å²) in [6.07, 6.45) is 5.25. The minimum Gasteiger partial charge on any atom is -0.382 e. The summed E-state index contributed by atoms with van der Waals surface area (Å²) in [4.78, 5) is 22.3. The molecule has 0 aliphatic carbocycles. The molecule has 2 aromatic heterocycles. The topological polar surface area (TPSA) is 89.1 Å². The Morgan fingerprint density at radius 1 is 1.58 bits per heavy atom. The molecule has 0 unspecified atom stereocenters. The molecular formula is C11H16N6OS.